The van der Waals surface area contributed by atoms with Crippen LogP contribution in [0.4, 0.5) is 4.39 Å². The molecule has 0 aliphatic rings. The van der Waals surface area contributed by atoms with Crippen molar-refractivity contribution in [2.45, 2.75) is 26.4 Å². The normalized spacial score (nSPS) is 12.4. The summed E-state index contributed by atoms with van der Waals surface area (Å²) in [6.45, 7) is 4.19. The first-order valence-corrected chi connectivity index (χ1v) is 9.16. The molecule has 1 aromatic carbocycles. The molecule has 1 atom stereocenters. The SMILES string of the molecule is CN=C(NCc1coc(-c2cccs2)n1)NC(C)c1ccc(C)c(F)c1.I. The number of benzene rings is 1. The molecule has 0 saturated carbocycles. The molecule has 0 amide bonds. The highest BCUT2D eigenvalue weighted by Gasteiger charge is 2.11. The highest BCUT2D eigenvalue weighted by molar-refractivity contribution is 14.0. The average molecular weight is 500 g/mol. The van der Waals surface area contributed by atoms with Crippen LogP contribution in [0.5, 0.6) is 0 Å². The van der Waals surface area contributed by atoms with Crippen LogP contribution in [0, 0.1) is 12.7 Å². The van der Waals surface area contributed by atoms with Crippen molar-refractivity contribution in [1.82, 2.24) is 15.6 Å². The van der Waals surface area contributed by atoms with E-state index < -0.39 is 0 Å². The molecule has 3 aromatic rings. The first-order valence-electron chi connectivity index (χ1n) is 8.28. The lowest BCUT2D eigenvalue weighted by Gasteiger charge is -2.18. The minimum atomic E-state index is -0.206. The predicted octanol–water partition coefficient (Wildman–Crippen LogP) is 4.89. The number of thiophene rings is 1. The van der Waals surface area contributed by atoms with E-state index in [1.807, 2.05) is 30.5 Å². The summed E-state index contributed by atoms with van der Waals surface area (Å²) in [5.41, 5.74) is 2.28. The van der Waals surface area contributed by atoms with Gasteiger partial charge in [0.1, 0.15) is 12.1 Å². The number of oxazole rings is 1. The molecule has 0 saturated heterocycles. The number of rotatable bonds is 5. The zero-order valence-corrected chi connectivity index (χ0v) is 18.5. The number of aliphatic imine (C=N–C) groups is 1. The number of aryl methyl sites for hydroxylation is 1. The second-order valence-corrected chi connectivity index (χ2v) is 6.87. The number of nitrogens with one attached hydrogen (secondary N) is 2. The smallest absolute Gasteiger partial charge is 0.236 e. The molecule has 0 aliphatic heterocycles. The van der Waals surface area contributed by atoms with E-state index in [1.165, 1.54) is 0 Å². The Morgan fingerprint density at radius 1 is 1.37 bits per heavy atom. The van der Waals surface area contributed by atoms with Gasteiger partial charge in [-0.1, -0.05) is 18.2 Å². The molecule has 5 nitrogen and oxygen atoms in total. The molecule has 0 bridgehead atoms. The van der Waals surface area contributed by atoms with Gasteiger partial charge in [-0.15, -0.1) is 35.3 Å². The van der Waals surface area contributed by atoms with Crippen molar-refractivity contribution in [1.29, 1.82) is 0 Å². The maximum Gasteiger partial charge on any atom is 0.236 e. The third-order valence-electron chi connectivity index (χ3n) is 3.99. The number of halogens is 2. The molecule has 1 unspecified atom stereocenters. The van der Waals surface area contributed by atoms with Gasteiger partial charge in [0.15, 0.2) is 5.96 Å². The highest BCUT2D eigenvalue weighted by Crippen LogP contribution is 2.23. The van der Waals surface area contributed by atoms with Gasteiger partial charge in [0.05, 0.1) is 23.2 Å². The van der Waals surface area contributed by atoms with Crippen LogP contribution in [0.3, 0.4) is 0 Å². The van der Waals surface area contributed by atoms with Gasteiger partial charge in [0.25, 0.3) is 0 Å². The van der Waals surface area contributed by atoms with E-state index in [1.54, 1.807) is 43.7 Å². The van der Waals surface area contributed by atoms with E-state index in [0.717, 1.165) is 16.1 Å². The average Bonchev–Trinajstić information content (AvgIpc) is 3.32. The van der Waals surface area contributed by atoms with Crippen molar-refractivity contribution in [2.75, 3.05) is 7.05 Å². The lowest BCUT2D eigenvalue weighted by Crippen LogP contribution is -2.38. The minimum Gasteiger partial charge on any atom is -0.443 e. The topological polar surface area (TPSA) is 62.5 Å². The van der Waals surface area contributed by atoms with Crippen LogP contribution in [-0.2, 0) is 6.54 Å². The number of guanidine groups is 1. The maximum atomic E-state index is 13.8. The maximum absolute atomic E-state index is 13.8. The second kappa shape index (κ2) is 9.84. The Kier molecular flexibility index (Phi) is 7.78. The van der Waals surface area contributed by atoms with E-state index in [0.29, 0.717) is 24.0 Å². The molecule has 3 rings (SSSR count). The Morgan fingerprint density at radius 2 is 2.19 bits per heavy atom. The Hall–Kier alpha value is -1.94. The molecule has 0 spiro atoms. The molecule has 144 valence electrons. The van der Waals surface area contributed by atoms with E-state index in [4.69, 9.17) is 4.42 Å². The first-order chi connectivity index (χ1) is 12.6. The quantitative estimate of drug-likeness (QED) is 0.298. The van der Waals surface area contributed by atoms with Crippen LogP contribution < -0.4 is 10.6 Å². The third-order valence-corrected chi connectivity index (χ3v) is 4.85. The lowest BCUT2D eigenvalue weighted by atomic mass is 10.1. The van der Waals surface area contributed by atoms with Crippen LogP contribution in [0.25, 0.3) is 10.8 Å². The molecule has 2 aromatic heterocycles. The van der Waals surface area contributed by atoms with Crippen LogP contribution in [-0.4, -0.2) is 18.0 Å². The van der Waals surface area contributed by atoms with Crippen molar-refractivity contribution < 1.29 is 8.81 Å². The molecule has 0 fully saturated rings. The van der Waals surface area contributed by atoms with Gasteiger partial charge in [-0.3, -0.25) is 4.99 Å². The summed E-state index contributed by atoms with van der Waals surface area (Å²) in [7, 11) is 1.69. The van der Waals surface area contributed by atoms with E-state index in [-0.39, 0.29) is 35.8 Å². The Balaban J connectivity index is 0.00000261. The minimum absolute atomic E-state index is 0. The zero-order chi connectivity index (χ0) is 18.5. The summed E-state index contributed by atoms with van der Waals surface area (Å²) >= 11 is 1.58. The summed E-state index contributed by atoms with van der Waals surface area (Å²) < 4.78 is 19.3. The van der Waals surface area contributed by atoms with Crippen molar-refractivity contribution in [2.24, 2.45) is 4.99 Å². The monoisotopic (exact) mass is 500 g/mol. The lowest BCUT2D eigenvalue weighted by molar-refractivity contribution is 0.573. The van der Waals surface area contributed by atoms with Gasteiger partial charge < -0.3 is 15.1 Å². The third kappa shape index (κ3) is 5.52. The van der Waals surface area contributed by atoms with Crippen LogP contribution in [0.1, 0.15) is 29.8 Å². The number of hydrogen-bond donors (Lipinski definition) is 2. The van der Waals surface area contributed by atoms with Crippen molar-refractivity contribution in [3.05, 3.63) is 64.6 Å². The Morgan fingerprint density at radius 3 is 2.85 bits per heavy atom. The molecule has 2 heterocycles. The Labute approximate surface area is 179 Å². The van der Waals surface area contributed by atoms with Crippen LogP contribution >= 0.6 is 35.3 Å². The standard InChI is InChI=1S/C19H21FN4OS.HI/c1-12-6-7-14(9-16(12)20)13(2)23-19(21-3)22-10-15-11-25-18(24-15)17-5-4-8-26-17;/h4-9,11,13H,10H2,1-3H3,(H2,21,22,23);1H. The van der Waals surface area contributed by atoms with Gasteiger partial charge in [-0.25, -0.2) is 9.37 Å². The molecule has 2 N–H and O–H groups in total. The summed E-state index contributed by atoms with van der Waals surface area (Å²) in [5.74, 6) is 1.02. The Bertz CT molecular complexity index is 895. The highest BCUT2D eigenvalue weighted by atomic mass is 127. The molecule has 0 aliphatic carbocycles. The van der Waals surface area contributed by atoms with Gasteiger partial charge in [0, 0.05) is 7.05 Å². The van der Waals surface area contributed by atoms with E-state index >= 15 is 0 Å². The molecule has 27 heavy (non-hydrogen) atoms. The second-order valence-electron chi connectivity index (χ2n) is 5.92. The van der Waals surface area contributed by atoms with Crippen LogP contribution in [0.2, 0.25) is 0 Å². The van der Waals surface area contributed by atoms with Gasteiger partial charge in [-0.05, 0) is 42.5 Å². The fourth-order valence-electron chi connectivity index (χ4n) is 2.44. The predicted molar refractivity (Wildman–Crippen MR) is 118 cm³/mol. The number of nitrogens with zero attached hydrogens (tertiary/aromatic N) is 2. The summed E-state index contributed by atoms with van der Waals surface area (Å²) in [4.78, 5) is 9.67. The van der Waals surface area contributed by atoms with Gasteiger partial charge in [0.2, 0.25) is 5.89 Å². The fourth-order valence-corrected chi connectivity index (χ4v) is 3.09. The summed E-state index contributed by atoms with van der Waals surface area (Å²) in [5, 5.41) is 8.43. The van der Waals surface area contributed by atoms with Gasteiger partial charge in [-0.2, -0.15) is 0 Å². The zero-order valence-electron chi connectivity index (χ0n) is 15.3. The van der Waals surface area contributed by atoms with Crippen molar-refractivity contribution >= 4 is 41.3 Å². The van der Waals surface area contributed by atoms with Gasteiger partial charge >= 0.3 is 0 Å². The molecular weight excluding hydrogens is 478 g/mol. The molecular formula is C19H22FIN4OS. The molecule has 0 radical (unpaired) electrons. The molecule has 8 heteroatoms. The summed E-state index contributed by atoms with van der Waals surface area (Å²) in [6.07, 6.45) is 1.63. The van der Waals surface area contributed by atoms with E-state index in [9.17, 15) is 4.39 Å². The number of aromatic nitrogens is 1. The van der Waals surface area contributed by atoms with Crippen LogP contribution in [0.15, 0.2) is 51.4 Å². The van der Waals surface area contributed by atoms with E-state index in [2.05, 4.69) is 20.6 Å². The number of hydrogen-bond acceptors (Lipinski definition) is 4. The summed E-state index contributed by atoms with van der Waals surface area (Å²) in [6, 6.07) is 9.08. The largest absolute Gasteiger partial charge is 0.443 e. The van der Waals surface area contributed by atoms with Crippen molar-refractivity contribution in [3.8, 4) is 10.8 Å². The van der Waals surface area contributed by atoms with Crippen molar-refractivity contribution in [3.63, 3.8) is 0 Å². The fraction of sp³-hybridized carbons (Fsp3) is 0.263. The first kappa shape index (κ1) is 21.4.